The summed E-state index contributed by atoms with van der Waals surface area (Å²) in [5.41, 5.74) is 6.01. The molecule has 1 unspecified atom stereocenters. The standard InChI is InChI=1S/C10H20N2O.C5H9NO.ClH/c1-7-9(12(4,5)6)11-10(13)8(2)3;1-3-4(2)5(6)7;/h9H,2,7H2,1,3-6H3;3H,1-2H3,(H2,6,7);1H. The van der Waals surface area contributed by atoms with Crippen molar-refractivity contribution < 1.29 is 26.5 Å². The van der Waals surface area contributed by atoms with E-state index in [1.165, 1.54) is 0 Å². The average Bonchev–Trinajstić information content (AvgIpc) is 2.33. The van der Waals surface area contributed by atoms with Gasteiger partial charge in [0, 0.05) is 17.6 Å². The number of amides is 2. The van der Waals surface area contributed by atoms with Crippen molar-refractivity contribution in [2.75, 3.05) is 21.1 Å². The predicted octanol–water partition coefficient (Wildman–Crippen LogP) is -1.44. The fourth-order valence-corrected chi connectivity index (χ4v) is 1.26. The van der Waals surface area contributed by atoms with Crippen molar-refractivity contribution in [1.82, 2.24) is 5.32 Å². The van der Waals surface area contributed by atoms with E-state index >= 15 is 0 Å². The Morgan fingerprint density at radius 1 is 1.29 bits per heavy atom. The van der Waals surface area contributed by atoms with Gasteiger partial charge in [0.15, 0.2) is 6.17 Å². The first-order valence-corrected chi connectivity index (χ1v) is 6.67. The molecule has 0 fully saturated rings. The Hall–Kier alpha value is -1.33. The Morgan fingerprint density at radius 2 is 1.71 bits per heavy atom. The number of nitrogens with zero attached hydrogens (tertiary/aromatic N) is 1. The van der Waals surface area contributed by atoms with Gasteiger partial charge in [0.2, 0.25) is 5.91 Å². The van der Waals surface area contributed by atoms with Gasteiger partial charge in [-0.3, -0.25) is 9.59 Å². The fraction of sp³-hybridized carbons (Fsp3) is 0.600. The second-order valence-corrected chi connectivity index (χ2v) is 5.63. The molecule has 6 heteroatoms. The number of hydrogen-bond acceptors (Lipinski definition) is 2. The van der Waals surface area contributed by atoms with Gasteiger partial charge in [0.05, 0.1) is 21.1 Å². The lowest BCUT2D eigenvalue weighted by atomic mass is 10.2. The molecule has 124 valence electrons. The second-order valence-electron chi connectivity index (χ2n) is 5.63. The van der Waals surface area contributed by atoms with Crippen LogP contribution in [0.5, 0.6) is 0 Å². The summed E-state index contributed by atoms with van der Waals surface area (Å²) >= 11 is 0. The van der Waals surface area contributed by atoms with Crippen molar-refractivity contribution in [3.05, 3.63) is 23.8 Å². The third kappa shape index (κ3) is 12.1. The van der Waals surface area contributed by atoms with E-state index < -0.39 is 0 Å². The van der Waals surface area contributed by atoms with E-state index in [-0.39, 0.29) is 30.4 Å². The highest BCUT2D eigenvalue weighted by Crippen LogP contribution is 2.04. The molecule has 0 aromatic heterocycles. The van der Waals surface area contributed by atoms with Crippen LogP contribution in [-0.4, -0.2) is 43.6 Å². The minimum absolute atomic E-state index is 0. The topological polar surface area (TPSA) is 72.2 Å². The molecule has 0 spiro atoms. The smallest absolute Gasteiger partial charge is 0.250 e. The number of quaternary nitrogens is 1. The van der Waals surface area contributed by atoms with Gasteiger partial charge in [-0.1, -0.05) is 19.6 Å². The lowest BCUT2D eigenvalue weighted by molar-refractivity contribution is -0.898. The molecule has 0 heterocycles. The van der Waals surface area contributed by atoms with Crippen LogP contribution < -0.4 is 23.5 Å². The molecular weight excluding hydrogens is 290 g/mol. The number of carbonyl (C=O) groups excluding carboxylic acids is 2. The number of primary amides is 1. The largest absolute Gasteiger partial charge is 1.00 e. The van der Waals surface area contributed by atoms with Crippen molar-refractivity contribution >= 4 is 11.8 Å². The van der Waals surface area contributed by atoms with Crippen LogP contribution in [0.3, 0.4) is 0 Å². The molecule has 5 nitrogen and oxygen atoms in total. The fourth-order valence-electron chi connectivity index (χ4n) is 1.26. The predicted molar refractivity (Wildman–Crippen MR) is 83.7 cm³/mol. The second kappa shape index (κ2) is 11.3. The molecular formula is C15H30ClN3O2. The maximum Gasteiger partial charge on any atom is 0.250 e. The number of nitrogens with two attached hydrogens (primary N) is 1. The minimum Gasteiger partial charge on any atom is -1.00 e. The Balaban J connectivity index is -0.000000347. The average molecular weight is 320 g/mol. The lowest BCUT2D eigenvalue weighted by Gasteiger charge is -2.33. The van der Waals surface area contributed by atoms with Crippen molar-refractivity contribution in [3.8, 4) is 0 Å². The molecule has 0 rings (SSSR count). The molecule has 3 N–H and O–H groups in total. The van der Waals surface area contributed by atoms with E-state index in [0.29, 0.717) is 11.1 Å². The van der Waals surface area contributed by atoms with Crippen molar-refractivity contribution in [1.29, 1.82) is 0 Å². The van der Waals surface area contributed by atoms with Crippen molar-refractivity contribution in [2.45, 2.75) is 40.3 Å². The van der Waals surface area contributed by atoms with E-state index in [4.69, 9.17) is 5.73 Å². The molecule has 0 radical (unpaired) electrons. The molecule has 0 aromatic rings. The summed E-state index contributed by atoms with van der Waals surface area (Å²) in [4.78, 5) is 21.4. The van der Waals surface area contributed by atoms with Gasteiger partial charge < -0.3 is 27.9 Å². The van der Waals surface area contributed by atoms with Crippen LogP contribution in [0, 0.1) is 0 Å². The molecule has 0 bridgehead atoms. The van der Waals surface area contributed by atoms with E-state index in [1.807, 2.05) is 0 Å². The zero-order valence-corrected chi connectivity index (χ0v) is 15.0. The molecule has 0 aliphatic carbocycles. The third-order valence-electron chi connectivity index (χ3n) is 2.83. The number of hydrogen-bond donors (Lipinski definition) is 2. The molecule has 2 amide bonds. The molecule has 0 saturated carbocycles. The van der Waals surface area contributed by atoms with E-state index in [2.05, 4.69) is 40.0 Å². The third-order valence-corrected chi connectivity index (χ3v) is 2.83. The summed E-state index contributed by atoms with van der Waals surface area (Å²) in [5.74, 6) is -0.401. The van der Waals surface area contributed by atoms with Crippen LogP contribution in [0.2, 0.25) is 0 Å². The molecule has 1 atom stereocenters. The lowest BCUT2D eigenvalue weighted by Crippen LogP contribution is -3.00. The first kappa shape index (κ1) is 24.7. The number of allylic oxidation sites excluding steroid dienone is 1. The summed E-state index contributed by atoms with van der Waals surface area (Å²) < 4.78 is 0.732. The summed E-state index contributed by atoms with van der Waals surface area (Å²) in [6.07, 6.45) is 2.76. The first-order valence-electron chi connectivity index (χ1n) is 6.67. The van der Waals surface area contributed by atoms with Gasteiger partial charge in [0.25, 0.3) is 5.91 Å². The molecule has 0 aliphatic rings. The zero-order valence-electron chi connectivity index (χ0n) is 14.3. The van der Waals surface area contributed by atoms with Crippen molar-refractivity contribution in [3.63, 3.8) is 0 Å². The van der Waals surface area contributed by atoms with Crippen LogP contribution in [0.4, 0.5) is 0 Å². The van der Waals surface area contributed by atoms with Crippen LogP contribution in [0.25, 0.3) is 0 Å². The summed E-state index contributed by atoms with van der Waals surface area (Å²) in [6, 6.07) is 0. The van der Waals surface area contributed by atoms with Gasteiger partial charge >= 0.3 is 0 Å². The van der Waals surface area contributed by atoms with Crippen LogP contribution in [0.15, 0.2) is 23.8 Å². The van der Waals surface area contributed by atoms with E-state index in [1.54, 1.807) is 26.8 Å². The molecule has 0 aliphatic heterocycles. The number of halogens is 1. The quantitative estimate of drug-likeness (QED) is 0.370. The number of rotatable bonds is 5. The van der Waals surface area contributed by atoms with Gasteiger partial charge in [0.1, 0.15) is 0 Å². The Morgan fingerprint density at radius 3 is 1.86 bits per heavy atom. The van der Waals surface area contributed by atoms with Gasteiger partial charge in [-0.2, -0.15) is 0 Å². The summed E-state index contributed by atoms with van der Waals surface area (Å²) in [6.45, 7) is 10.8. The maximum absolute atomic E-state index is 11.3. The van der Waals surface area contributed by atoms with Gasteiger partial charge in [-0.25, -0.2) is 0 Å². The highest BCUT2D eigenvalue weighted by atomic mass is 35.5. The number of nitrogens with one attached hydrogen (secondary N) is 1. The highest BCUT2D eigenvalue weighted by molar-refractivity contribution is 5.92. The Kier molecular flexibility index (Phi) is 13.3. The van der Waals surface area contributed by atoms with Gasteiger partial charge in [-0.05, 0) is 20.8 Å². The number of carbonyl (C=O) groups is 2. The SMILES string of the molecule is C=C(C)C(=O)NC(CC)[N+](C)(C)C.CC=C(C)C(N)=O.[Cl-]. The van der Waals surface area contributed by atoms with Crippen LogP contribution in [-0.2, 0) is 9.59 Å². The summed E-state index contributed by atoms with van der Waals surface area (Å²) in [5, 5.41) is 2.94. The van der Waals surface area contributed by atoms with Gasteiger partial charge in [-0.15, -0.1) is 0 Å². The highest BCUT2D eigenvalue weighted by Gasteiger charge is 2.23. The molecule has 0 aromatic carbocycles. The zero-order chi connectivity index (χ0) is 16.5. The van der Waals surface area contributed by atoms with Crippen molar-refractivity contribution in [2.24, 2.45) is 5.73 Å². The first-order chi connectivity index (χ1) is 8.97. The summed E-state index contributed by atoms with van der Waals surface area (Å²) in [7, 11) is 6.19. The normalized spacial score (nSPS) is 12.2. The molecule has 0 saturated heterocycles. The van der Waals surface area contributed by atoms with E-state index in [9.17, 15) is 9.59 Å². The monoisotopic (exact) mass is 319 g/mol. The Bertz CT molecular complexity index is 385. The maximum atomic E-state index is 11.3. The van der Waals surface area contributed by atoms with E-state index in [0.717, 1.165) is 10.9 Å². The van der Waals surface area contributed by atoms with Crippen LogP contribution in [0.1, 0.15) is 34.1 Å². The minimum atomic E-state index is -0.345. The Labute approximate surface area is 135 Å². The van der Waals surface area contributed by atoms with Crippen LogP contribution >= 0.6 is 0 Å². The molecule has 21 heavy (non-hydrogen) atoms.